The number of hydrogen-bond acceptors (Lipinski definition) is 2. The molecule has 0 amide bonds. The topological polar surface area (TPSA) is 51.1 Å². The fraction of sp³-hybridized carbons (Fsp3) is 0. The van der Waals surface area contributed by atoms with E-state index in [0.29, 0.717) is 5.69 Å². The van der Waals surface area contributed by atoms with Gasteiger partial charge >= 0.3 is 0 Å². The maximum Gasteiger partial charge on any atom is 0.261 e. The van der Waals surface area contributed by atoms with Crippen LogP contribution >= 0.6 is 0 Å². The lowest BCUT2D eigenvalue weighted by Crippen LogP contribution is -2.14. The lowest BCUT2D eigenvalue weighted by molar-refractivity contribution is 0.601. The standard InChI is InChI=1S/C20H16N2O2S/c23-25(24,18-12-11-16-7-1-2-8-17(16)15-18)21-19-9-3-4-10-20(19)22-13-5-6-14-22/h1-15,21H. The van der Waals surface area contributed by atoms with Crippen molar-refractivity contribution in [3.8, 4) is 5.69 Å². The minimum Gasteiger partial charge on any atom is -0.322 e. The largest absolute Gasteiger partial charge is 0.322 e. The van der Waals surface area contributed by atoms with Gasteiger partial charge in [-0.2, -0.15) is 0 Å². The molecule has 1 N–H and O–H groups in total. The second-order valence-corrected chi connectivity index (χ2v) is 7.40. The van der Waals surface area contributed by atoms with E-state index in [0.717, 1.165) is 16.5 Å². The van der Waals surface area contributed by atoms with E-state index < -0.39 is 10.0 Å². The Labute approximate surface area is 146 Å². The Morgan fingerprint density at radius 2 is 1.40 bits per heavy atom. The van der Waals surface area contributed by atoms with Gasteiger partial charge in [0, 0.05) is 12.4 Å². The summed E-state index contributed by atoms with van der Waals surface area (Å²) in [4.78, 5) is 0.244. The van der Waals surface area contributed by atoms with Gasteiger partial charge in [0.2, 0.25) is 0 Å². The summed E-state index contributed by atoms with van der Waals surface area (Å²) in [6.45, 7) is 0. The molecule has 0 aliphatic carbocycles. The van der Waals surface area contributed by atoms with Gasteiger partial charge in [-0.25, -0.2) is 8.42 Å². The molecule has 0 spiro atoms. The molecule has 0 atom stereocenters. The van der Waals surface area contributed by atoms with Crippen molar-refractivity contribution in [1.82, 2.24) is 4.57 Å². The molecule has 0 saturated heterocycles. The summed E-state index contributed by atoms with van der Waals surface area (Å²) in [7, 11) is -3.68. The fourth-order valence-corrected chi connectivity index (χ4v) is 3.93. The third-order valence-corrected chi connectivity index (χ3v) is 5.43. The fourth-order valence-electron chi connectivity index (χ4n) is 2.82. The lowest BCUT2D eigenvalue weighted by Gasteiger charge is -2.13. The SMILES string of the molecule is O=S(=O)(Nc1ccccc1-n1cccc1)c1ccc2ccccc2c1. The molecule has 3 aromatic carbocycles. The highest BCUT2D eigenvalue weighted by molar-refractivity contribution is 7.92. The first kappa shape index (κ1) is 15.5. The van der Waals surface area contributed by atoms with Gasteiger partial charge in [0.15, 0.2) is 0 Å². The number of para-hydroxylation sites is 2. The van der Waals surface area contributed by atoms with E-state index >= 15 is 0 Å². The smallest absolute Gasteiger partial charge is 0.261 e. The Hall–Kier alpha value is -3.05. The van der Waals surface area contributed by atoms with Crippen LogP contribution in [0.3, 0.4) is 0 Å². The Morgan fingerprint density at radius 1 is 0.720 bits per heavy atom. The summed E-state index contributed by atoms with van der Waals surface area (Å²) in [5, 5.41) is 1.90. The zero-order chi connectivity index (χ0) is 17.3. The molecule has 5 heteroatoms. The average molecular weight is 348 g/mol. The van der Waals surface area contributed by atoms with Crippen molar-refractivity contribution in [2.45, 2.75) is 4.90 Å². The number of sulfonamides is 1. The summed E-state index contributed by atoms with van der Waals surface area (Å²) < 4.78 is 30.3. The first-order valence-corrected chi connectivity index (χ1v) is 9.36. The first-order chi connectivity index (χ1) is 12.1. The number of aromatic nitrogens is 1. The summed E-state index contributed by atoms with van der Waals surface area (Å²) in [6, 6.07) is 23.9. The van der Waals surface area contributed by atoms with Gasteiger partial charge in [-0.15, -0.1) is 0 Å². The minimum absolute atomic E-state index is 0.244. The van der Waals surface area contributed by atoms with Crippen LogP contribution in [-0.4, -0.2) is 13.0 Å². The summed E-state index contributed by atoms with van der Waals surface area (Å²) >= 11 is 0. The number of rotatable bonds is 4. The van der Waals surface area contributed by atoms with Crippen LogP contribution in [0.5, 0.6) is 0 Å². The molecule has 0 aliphatic heterocycles. The Kier molecular flexibility index (Phi) is 3.78. The van der Waals surface area contributed by atoms with Crippen LogP contribution in [0, 0.1) is 0 Å². The van der Waals surface area contributed by atoms with E-state index in [1.807, 2.05) is 77.6 Å². The van der Waals surface area contributed by atoms with Gasteiger partial charge in [-0.3, -0.25) is 4.72 Å². The van der Waals surface area contributed by atoms with Crippen LogP contribution in [0.1, 0.15) is 0 Å². The third-order valence-electron chi connectivity index (χ3n) is 4.06. The molecule has 1 aromatic heterocycles. The second kappa shape index (κ2) is 6.11. The van der Waals surface area contributed by atoms with E-state index in [1.54, 1.807) is 18.2 Å². The molecule has 0 aliphatic rings. The van der Waals surface area contributed by atoms with Crippen LogP contribution in [0.4, 0.5) is 5.69 Å². The van der Waals surface area contributed by atoms with Gasteiger partial charge in [0.25, 0.3) is 10.0 Å². The molecule has 0 bridgehead atoms. The van der Waals surface area contributed by atoms with Gasteiger partial charge in [-0.05, 0) is 47.2 Å². The Bertz CT molecular complexity index is 1130. The van der Waals surface area contributed by atoms with Crippen LogP contribution < -0.4 is 4.72 Å². The Balaban J connectivity index is 1.74. The first-order valence-electron chi connectivity index (χ1n) is 7.87. The molecular formula is C20H16N2O2S. The third kappa shape index (κ3) is 3.02. The molecule has 4 rings (SSSR count). The molecule has 0 radical (unpaired) electrons. The molecule has 4 aromatic rings. The summed E-state index contributed by atoms with van der Waals surface area (Å²) in [6.07, 6.45) is 3.76. The number of hydrogen-bond donors (Lipinski definition) is 1. The number of benzene rings is 3. The van der Waals surface area contributed by atoms with E-state index in [9.17, 15) is 8.42 Å². The molecule has 25 heavy (non-hydrogen) atoms. The van der Waals surface area contributed by atoms with Crippen LogP contribution in [-0.2, 0) is 10.0 Å². The van der Waals surface area contributed by atoms with Crippen molar-refractivity contribution >= 4 is 26.5 Å². The maximum atomic E-state index is 12.8. The van der Waals surface area contributed by atoms with Crippen molar-refractivity contribution in [1.29, 1.82) is 0 Å². The summed E-state index contributed by atoms with van der Waals surface area (Å²) in [5.41, 5.74) is 1.31. The molecule has 0 unspecified atom stereocenters. The van der Waals surface area contributed by atoms with Crippen LogP contribution in [0.15, 0.2) is 96.2 Å². The number of fused-ring (bicyclic) bond motifs is 1. The van der Waals surface area contributed by atoms with Gasteiger partial charge in [-0.1, -0.05) is 42.5 Å². The summed E-state index contributed by atoms with van der Waals surface area (Å²) in [5.74, 6) is 0. The van der Waals surface area contributed by atoms with Gasteiger partial charge in [0.1, 0.15) is 0 Å². The molecule has 0 fully saturated rings. The van der Waals surface area contributed by atoms with Gasteiger partial charge in [0.05, 0.1) is 16.3 Å². The Morgan fingerprint density at radius 3 is 2.20 bits per heavy atom. The van der Waals surface area contributed by atoms with Crippen LogP contribution in [0.2, 0.25) is 0 Å². The highest BCUT2D eigenvalue weighted by Gasteiger charge is 2.16. The molecular weight excluding hydrogens is 332 g/mol. The van der Waals surface area contributed by atoms with Crippen molar-refractivity contribution in [3.63, 3.8) is 0 Å². The van der Waals surface area contributed by atoms with E-state index in [1.165, 1.54) is 0 Å². The zero-order valence-corrected chi connectivity index (χ0v) is 14.1. The second-order valence-electron chi connectivity index (χ2n) is 5.72. The highest BCUT2D eigenvalue weighted by Crippen LogP contribution is 2.25. The van der Waals surface area contributed by atoms with Crippen molar-refractivity contribution in [3.05, 3.63) is 91.3 Å². The predicted octanol–water partition coefficient (Wildman–Crippen LogP) is 4.43. The minimum atomic E-state index is -3.68. The monoisotopic (exact) mass is 348 g/mol. The van der Waals surface area contributed by atoms with Gasteiger partial charge < -0.3 is 4.57 Å². The molecule has 1 heterocycles. The van der Waals surface area contributed by atoms with E-state index in [4.69, 9.17) is 0 Å². The predicted molar refractivity (Wildman–Crippen MR) is 101 cm³/mol. The lowest BCUT2D eigenvalue weighted by atomic mass is 10.1. The normalized spacial score (nSPS) is 11.5. The highest BCUT2D eigenvalue weighted by atomic mass is 32.2. The van der Waals surface area contributed by atoms with E-state index in [-0.39, 0.29) is 4.90 Å². The number of nitrogens with zero attached hydrogens (tertiary/aromatic N) is 1. The average Bonchev–Trinajstić information content (AvgIpc) is 3.16. The van der Waals surface area contributed by atoms with Crippen molar-refractivity contribution in [2.75, 3.05) is 4.72 Å². The quantitative estimate of drug-likeness (QED) is 0.593. The van der Waals surface area contributed by atoms with Crippen molar-refractivity contribution in [2.24, 2.45) is 0 Å². The number of anilines is 1. The molecule has 4 nitrogen and oxygen atoms in total. The van der Waals surface area contributed by atoms with Crippen LogP contribution in [0.25, 0.3) is 16.5 Å². The maximum absolute atomic E-state index is 12.8. The zero-order valence-electron chi connectivity index (χ0n) is 13.3. The van der Waals surface area contributed by atoms with E-state index in [2.05, 4.69) is 4.72 Å². The number of nitrogens with one attached hydrogen (secondary N) is 1. The van der Waals surface area contributed by atoms with Crippen molar-refractivity contribution < 1.29 is 8.42 Å². The molecule has 124 valence electrons. The molecule has 0 saturated carbocycles.